The van der Waals surface area contributed by atoms with E-state index in [1.54, 1.807) is 18.4 Å². The molecule has 0 aliphatic rings. The Morgan fingerprint density at radius 2 is 1.95 bits per heavy atom. The van der Waals surface area contributed by atoms with Gasteiger partial charge in [0, 0.05) is 22.5 Å². The van der Waals surface area contributed by atoms with Gasteiger partial charge in [0.15, 0.2) is 0 Å². The lowest BCUT2D eigenvalue weighted by Gasteiger charge is -2.24. The topological polar surface area (TPSA) is 63.4 Å². The fourth-order valence-electron chi connectivity index (χ4n) is 1.95. The third-order valence-electron chi connectivity index (χ3n) is 3.33. The molecule has 0 spiro atoms. The van der Waals surface area contributed by atoms with Crippen LogP contribution < -0.4 is 5.73 Å². The highest BCUT2D eigenvalue weighted by Gasteiger charge is 2.28. The number of anilines is 1. The Hall–Kier alpha value is -1.08. The first-order valence-electron chi connectivity index (χ1n) is 6.33. The van der Waals surface area contributed by atoms with Gasteiger partial charge in [-0.3, -0.25) is 0 Å². The van der Waals surface area contributed by atoms with E-state index < -0.39 is 10.0 Å². The van der Waals surface area contributed by atoms with Crippen molar-refractivity contribution in [1.82, 2.24) is 4.31 Å². The van der Waals surface area contributed by atoms with Crippen molar-refractivity contribution < 1.29 is 8.42 Å². The highest BCUT2D eigenvalue weighted by atomic mass is 35.5. The van der Waals surface area contributed by atoms with Gasteiger partial charge in [-0.1, -0.05) is 11.6 Å². The molecular weight excluding hydrogens is 328 g/mol. The summed E-state index contributed by atoms with van der Waals surface area (Å²) in [5.74, 6) is 0. The number of hydrogen-bond donors (Lipinski definition) is 1. The quantitative estimate of drug-likeness (QED) is 0.860. The summed E-state index contributed by atoms with van der Waals surface area (Å²) in [6.45, 7) is 3.85. The molecule has 114 valence electrons. The Bertz CT molecular complexity index is 756. The molecule has 21 heavy (non-hydrogen) atoms. The Morgan fingerprint density at radius 1 is 1.29 bits per heavy atom. The van der Waals surface area contributed by atoms with E-state index in [1.165, 1.54) is 22.5 Å². The Kier molecular flexibility index (Phi) is 4.63. The van der Waals surface area contributed by atoms with Gasteiger partial charge < -0.3 is 5.73 Å². The molecule has 0 saturated heterocycles. The van der Waals surface area contributed by atoms with E-state index in [2.05, 4.69) is 0 Å². The number of rotatable bonds is 4. The molecule has 0 aliphatic carbocycles. The van der Waals surface area contributed by atoms with E-state index in [0.29, 0.717) is 5.69 Å². The summed E-state index contributed by atoms with van der Waals surface area (Å²) < 4.78 is 26.7. The molecule has 1 heterocycles. The molecule has 7 heteroatoms. The molecule has 4 nitrogen and oxygen atoms in total. The predicted molar refractivity (Wildman–Crippen MR) is 88.3 cm³/mol. The molecular formula is C14H17ClN2O2S2. The van der Waals surface area contributed by atoms with Crippen molar-refractivity contribution >= 4 is 38.6 Å². The molecule has 1 aromatic heterocycles. The van der Waals surface area contributed by atoms with Crippen molar-refractivity contribution in [3.8, 4) is 0 Å². The van der Waals surface area contributed by atoms with Crippen LogP contribution in [0.2, 0.25) is 5.02 Å². The van der Waals surface area contributed by atoms with Crippen LogP contribution in [0.5, 0.6) is 0 Å². The number of nitrogens with two attached hydrogens (primary N) is 1. The summed E-state index contributed by atoms with van der Waals surface area (Å²) in [5, 5.41) is 0.136. The summed E-state index contributed by atoms with van der Waals surface area (Å²) in [4.78, 5) is 2.21. The summed E-state index contributed by atoms with van der Waals surface area (Å²) >= 11 is 7.61. The van der Waals surface area contributed by atoms with Crippen LogP contribution >= 0.6 is 22.9 Å². The van der Waals surface area contributed by atoms with Crippen LogP contribution in [0.4, 0.5) is 5.69 Å². The van der Waals surface area contributed by atoms with Crippen molar-refractivity contribution in [3.63, 3.8) is 0 Å². The third kappa shape index (κ3) is 3.23. The zero-order valence-corrected chi connectivity index (χ0v) is 14.4. The van der Waals surface area contributed by atoms with Crippen LogP contribution in [-0.4, -0.2) is 19.8 Å². The average Bonchev–Trinajstić information content (AvgIpc) is 2.83. The molecule has 0 bridgehead atoms. The lowest BCUT2D eigenvalue weighted by molar-refractivity contribution is 0.403. The Labute approximate surface area is 134 Å². The van der Waals surface area contributed by atoms with E-state index >= 15 is 0 Å². The first-order chi connectivity index (χ1) is 9.73. The monoisotopic (exact) mass is 344 g/mol. The zero-order valence-electron chi connectivity index (χ0n) is 12.0. The van der Waals surface area contributed by atoms with E-state index in [1.807, 2.05) is 26.0 Å². The lowest BCUT2D eigenvalue weighted by atomic mass is 10.3. The van der Waals surface area contributed by atoms with Crippen LogP contribution in [0.3, 0.4) is 0 Å². The first-order valence-corrected chi connectivity index (χ1v) is 8.96. The smallest absolute Gasteiger partial charge is 0.244 e. The SMILES string of the molecule is Cc1ccc(C(C)N(C)S(=O)(=O)c2ccc(N)cc2Cl)s1. The van der Waals surface area contributed by atoms with Crippen molar-refractivity contribution in [1.29, 1.82) is 0 Å². The Morgan fingerprint density at radius 3 is 2.48 bits per heavy atom. The van der Waals surface area contributed by atoms with E-state index in [9.17, 15) is 8.42 Å². The summed E-state index contributed by atoms with van der Waals surface area (Å²) in [6.07, 6.45) is 0. The third-order valence-corrected chi connectivity index (χ3v) is 6.91. The molecule has 0 aliphatic heterocycles. The molecule has 1 aromatic carbocycles. The predicted octanol–water partition coefficient (Wildman–Crippen LogP) is 3.67. The van der Waals surface area contributed by atoms with Crippen LogP contribution in [0, 0.1) is 6.92 Å². The maximum atomic E-state index is 12.7. The minimum Gasteiger partial charge on any atom is -0.399 e. The molecule has 0 amide bonds. The minimum absolute atomic E-state index is 0.0704. The lowest BCUT2D eigenvalue weighted by Crippen LogP contribution is -2.29. The highest BCUT2D eigenvalue weighted by molar-refractivity contribution is 7.89. The van der Waals surface area contributed by atoms with Crippen molar-refractivity contribution in [2.24, 2.45) is 0 Å². The molecule has 1 atom stereocenters. The fourth-order valence-corrected chi connectivity index (χ4v) is 4.85. The van der Waals surface area contributed by atoms with Gasteiger partial charge in [-0.15, -0.1) is 11.3 Å². The summed E-state index contributed by atoms with van der Waals surface area (Å²) in [6, 6.07) is 8.08. The highest BCUT2D eigenvalue weighted by Crippen LogP contribution is 2.33. The second kappa shape index (κ2) is 5.96. The maximum Gasteiger partial charge on any atom is 0.244 e. The van der Waals surface area contributed by atoms with Crippen molar-refractivity contribution in [3.05, 3.63) is 45.1 Å². The second-order valence-electron chi connectivity index (χ2n) is 4.84. The number of thiophene rings is 1. The number of nitrogens with zero attached hydrogens (tertiary/aromatic N) is 1. The van der Waals surface area contributed by atoms with E-state index in [0.717, 1.165) is 9.75 Å². The van der Waals surface area contributed by atoms with Gasteiger partial charge in [0.2, 0.25) is 10.0 Å². The van der Waals surface area contributed by atoms with Crippen molar-refractivity contribution in [2.75, 3.05) is 12.8 Å². The van der Waals surface area contributed by atoms with Crippen LogP contribution in [0.25, 0.3) is 0 Å². The maximum absolute atomic E-state index is 12.7. The van der Waals surface area contributed by atoms with Crippen LogP contribution in [-0.2, 0) is 10.0 Å². The second-order valence-corrected chi connectivity index (χ2v) is 8.53. The first kappa shape index (κ1) is 16.3. The van der Waals surface area contributed by atoms with Gasteiger partial charge in [-0.2, -0.15) is 4.31 Å². The van der Waals surface area contributed by atoms with Gasteiger partial charge in [-0.25, -0.2) is 8.42 Å². The van der Waals surface area contributed by atoms with Gasteiger partial charge in [0.25, 0.3) is 0 Å². The fraction of sp³-hybridized carbons (Fsp3) is 0.286. The number of hydrogen-bond acceptors (Lipinski definition) is 4. The molecule has 0 radical (unpaired) electrons. The summed E-state index contributed by atoms with van der Waals surface area (Å²) in [5.41, 5.74) is 6.04. The normalized spacial score (nSPS) is 13.6. The Balaban J connectivity index is 2.38. The van der Waals surface area contributed by atoms with Crippen LogP contribution in [0.15, 0.2) is 35.2 Å². The zero-order chi connectivity index (χ0) is 15.8. The molecule has 0 saturated carbocycles. The van der Waals surface area contributed by atoms with Gasteiger partial charge in [-0.05, 0) is 44.2 Å². The molecule has 2 aromatic rings. The van der Waals surface area contributed by atoms with Gasteiger partial charge in [0.05, 0.1) is 11.1 Å². The van der Waals surface area contributed by atoms with Crippen LogP contribution in [0.1, 0.15) is 22.7 Å². The summed E-state index contributed by atoms with van der Waals surface area (Å²) in [7, 11) is -2.11. The van der Waals surface area contributed by atoms with Gasteiger partial charge in [0.1, 0.15) is 4.90 Å². The van der Waals surface area contributed by atoms with E-state index in [4.69, 9.17) is 17.3 Å². The average molecular weight is 345 g/mol. The number of sulfonamides is 1. The largest absolute Gasteiger partial charge is 0.399 e. The van der Waals surface area contributed by atoms with Crippen molar-refractivity contribution in [2.45, 2.75) is 24.8 Å². The number of nitrogen functional groups attached to an aromatic ring is 1. The molecule has 0 fully saturated rings. The number of aryl methyl sites for hydroxylation is 1. The standard InChI is InChI=1S/C14H17ClN2O2S2/c1-9-4-6-13(20-9)10(2)17(3)21(18,19)14-7-5-11(16)8-12(14)15/h4-8,10H,16H2,1-3H3. The number of benzene rings is 1. The van der Waals surface area contributed by atoms with E-state index in [-0.39, 0.29) is 16.0 Å². The van der Waals surface area contributed by atoms with Gasteiger partial charge >= 0.3 is 0 Å². The molecule has 2 N–H and O–H groups in total. The molecule has 1 unspecified atom stereocenters. The minimum atomic E-state index is -3.67. The molecule has 2 rings (SSSR count). The number of halogens is 1.